The smallest absolute Gasteiger partial charge is 0.324 e. The van der Waals surface area contributed by atoms with Gasteiger partial charge in [-0.2, -0.15) is 0 Å². The van der Waals surface area contributed by atoms with Gasteiger partial charge in [0.2, 0.25) is 5.91 Å². The quantitative estimate of drug-likeness (QED) is 0.817. The van der Waals surface area contributed by atoms with Gasteiger partial charge in [0, 0.05) is 12.7 Å². The molecule has 2 saturated heterocycles. The maximum atomic E-state index is 12.5. The van der Waals surface area contributed by atoms with Gasteiger partial charge in [0.05, 0.1) is 17.8 Å². The van der Waals surface area contributed by atoms with Crippen molar-refractivity contribution in [2.24, 2.45) is 5.92 Å². The summed E-state index contributed by atoms with van der Waals surface area (Å²) in [4.78, 5) is 30.5. The number of rotatable bonds is 3. The molecule has 7 heteroatoms. The highest BCUT2D eigenvalue weighted by Gasteiger charge is 2.50. The maximum absolute atomic E-state index is 12.5. The normalized spacial score (nSPS) is 32.0. The molecule has 1 saturated carbocycles. The molecule has 2 aliphatic heterocycles. The summed E-state index contributed by atoms with van der Waals surface area (Å²) in [6.45, 7) is 0.558. The number of amides is 3. The van der Waals surface area contributed by atoms with Crippen LogP contribution >= 0.6 is 11.9 Å². The van der Waals surface area contributed by atoms with E-state index in [-0.39, 0.29) is 29.3 Å². The van der Waals surface area contributed by atoms with Crippen molar-refractivity contribution in [2.75, 3.05) is 6.54 Å². The summed E-state index contributed by atoms with van der Waals surface area (Å²) in [5.41, 5.74) is 0.848. The van der Waals surface area contributed by atoms with Crippen LogP contribution < -0.4 is 10.0 Å². The van der Waals surface area contributed by atoms with Gasteiger partial charge in [0.25, 0.3) is 0 Å². The number of pyridine rings is 1. The number of carbonyl (C=O) groups excluding carboxylic acids is 2. The van der Waals surface area contributed by atoms with Crippen LogP contribution in [0.25, 0.3) is 0 Å². The van der Waals surface area contributed by atoms with E-state index in [1.165, 1.54) is 16.8 Å². The van der Waals surface area contributed by atoms with Crippen LogP contribution in [0.4, 0.5) is 4.79 Å². The molecular formula is C14H16N4O2S. The van der Waals surface area contributed by atoms with Crippen LogP contribution in [0.15, 0.2) is 24.4 Å². The van der Waals surface area contributed by atoms with E-state index in [2.05, 4.69) is 15.0 Å². The van der Waals surface area contributed by atoms with Crippen LogP contribution in [0.1, 0.15) is 24.6 Å². The molecule has 0 spiro atoms. The Morgan fingerprint density at radius 3 is 2.90 bits per heavy atom. The molecule has 4 rings (SSSR count). The second-order valence-corrected chi connectivity index (χ2v) is 6.74. The van der Waals surface area contributed by atoms with Crippen molar-refractivity contribution >= 4 is 23.9 Å². The molecule has 3 amide bonds. The van der Waals surface area contributed by atoms with Gasteiger partial charge in [-0.05, 0) is 30.9 Å². The Hall–Kier alpha value is -1.60. The van der Waals surface area contributed by atoms with Crippen molar-refractivity contribution in [3.05, 3.63) is 30.1 Å². The fourth-order valence-electron chi connectivity index (χ4n) is 2.84. The molecule has 0 aromatic carbocycles. The van der Waals surface area contributed by atoms with Gasteiger partial charge >= 0.3 is 6.03 Å². The number of urea groups is 1. The fourth-order valence-corrected chi connectivity index (χ4v) is 4.00. The molecule has 1 aromatic heterocycles. The van der Waals surface area contributed by atoms with Crippen molar-refractivity contribution in [2.45, 2.75) is 30.2 Å². The molecule has 3 aliphatic rings. The van der Waals surface area contributed by atoms with E-state index in [1.807, 2.05) is 18.2 Å². The van der Waals surface area contributed by atoms with E-state index in [4.69, 9.17) is 0 Å². The number of nitrogens with zero attached hydrogens (tertiary/aromatic N) is 2. The standard InChI is InChI=1S/C14H16N4O2S/c19-13-12-11(16-14(20)18(13)7-8-4-5-8)10(17-21-12)9-3-1-2-6-15-9/h1-3,6,8,10-12,17H,4-5,7H2,(H,16,20). The van der Waals surface area contributed by atoms with Crippen LogP contribution in [-0.4, -0.2) is 39.7 Å². The summed E-state index contributed by atoms with van der Waals surface area (Å²) in [7, 11) is 0. The molecule has 3 heterocycles. The molecule has 2 N–H and O–H groups in total. The average molecular weight is 304 g/mol. The third kappa shape index (κ3) is 2.30. The Labute approximate surface area is 126 Å². The van der Waals surface area contributed by atoms with Crippen LogP contribution in [0.5, 0.6) is 0 Å². The lowest BCUT2D eigenvalue weighted by Crippen LogP contribution is -2.61. The first-order chi connectivity index (χ1) is 10.2. The predicted octanol–water partition coefficient (Wildman–Crippen LogP) is 1.07. The van der Waals surface area contributed by atoms with Gasteiger partial charge in [-0.25, -0.2) is 4.79 Å². The topological polar surface area (TPSA) is 74.3 Å². The summed E-state index contributed by atoms with van der Waals surface area (Å²) >= 11 is 1.39. The van der Waals surface area contributed by atoms with E-state index in [9.17, 15) is 9.59 Å². The molecule has 3 atom stereocenters. The molecule has 21 heavy (non-hydrogen) atoms. The molecule has 6 nitrogen and oxygen atoms in total. The number of hydrogen-bond donors (Lipinski definition) is 2. The summed E-state index contributed by atoms with van der Waals surface area (Å²) in [6.07, 6.45) is 3.96. The Bertz CT molecular complexity index is 578. The zero-order valence-electron chi connectivity index (χ0n) is 11.4. The second-order valence-electron chi connectivity index (χ2n) is 5.76. The first-order valence-electron chi connectivity index (χ1n) is 7.18. The molecule has 3 fully saturated rings. The number of aromatic nitrogens is 1. The van der Waals surface area contributed by atoms with Gasteiger partial charge in [0.1, 0.15) is 5.25 Å². The van der Waals surface area contributed by atoms with Crippen LogP contribution in [-0.2, 0) is 4.79 Å². The number of nitrogens with one attached hydrogen (secondary N) is 2. The minimum absolute atomic E-state index is 0.0772. The molecular weight excluding hydrogens is 288 g/mol. The van der Waals surface area contributed by atoms with Gasteiger partial charge in [-0.3, -0.25) is 19.4 Å². The van der Waals surface area contributed by atoms with Crippen molar-refractivity contribution < 1.29 is 9.59 Å². The Kier molecular flexibility index (Phi) is 3.11. The molecule has 0 bridgehead atoms. The lowest BCUT2D eigenvalue weighted by molar-refractivity contribution is -0.129. The summed E-state index contributed by atoms with van der Waals surface area (Å²) in [5.74, 6) is 0.425. The zero-order valence-corrected chi connectivity index (χ0v) is 12.2. The lowest BCUT2D eigenvalue weighted by atomic mass is 9.99. The van der Waals surface area contributed by atoms with E-state index in [1.54, 1.807) is 6.20 Å². The van der Waals surface area contributed by atoms with E-state index < -0.39 is 0 Å². The highest BCUT2D eigenvalue weighted by Crippen LogP contribution is 2.37. The minimum atomic E-state index is -0.270. The number of carbonyl (C=O) groups is 2. The van der Waals surface area contributed by atoms with E-state index in [0.717, 1.165) is 18.5 Å². The van der Waals surface area contributed by atoms with Crippen LogP contribution in [0, 0.1) is 5.92 Å². The minimum Gasteiger partial charge on any atom is -0.331 e. The second kappa shape index (κ2) is 4.99. The summed E-state index contributed by atoms with van der Waals surface area (Å²) < 4.78 is 3.25. The Balaban J connectivity index is 1.56. The summed E-state index contributed by atoms with van der Waals surface area (Å²) in [6, 6.07) is 5.04. The SMILES string of the molecule is O=C1NC2C(SNC2c2ccccn2)C(=O)N1CC1CC1. The number of hydrogen-bond acceptors (Lipinski definition) is 5. The number of fused-ring (bicyclic) bond motifs is 1. The highest BCUT2D eigenvalue weighted by molar-refractivity contribution is 7.99. The Morgan fingerprint density at radius 2 is 2.19 bits per heavy atom. The van der Waals surface area contributed by atoms with Crippen molar-refractivity contribution in [1.29, 1.82) is 0 Å². The first-order valence-corrected chi connectivity index (χ1v) is 8.06. The van der Waals surface area contributed by atoms with Crippen molar-refractivity contribution in [3.8, 4) is 0 Å². The molecule has 0 radical (unpaired) electrons. The predicted molar refractivity (Wildman–Crippen MR) is 78.2 cm³/mol. The average Bonchev–Trinajstić information content (AvgIpc) is 3.22. The maximum Gasteiger partial charge on any atom is 0.324 e. The van der Waals surface area contributed by atoms with Gasteiger partial charge < -0.3 is 5.32 Å². The number of imide groups is 1. The lowest BCUT2D eigenvalue weighted by Gasteiger charge is -2.34. The van der Waals surface area contributed by atoms with Gasteiger partial charge in [0.15, 0.2) is 0 Å². The van der Waals surface area contributed by atoms with Crippen molar-refractivity contribution in [1.82, 2.24) is 19.9 Å². The van der Waals surface area contributed by atoms with Gasteiger partial charge in [-0.15, -0.1) is 0 Å². The van der Waals surface area contributed by atoms with Crippen molar-refractivity contribution in [3.63, 3.8) is 0 Å². The van der Waals surface area contributed by atoms with E-state index in [0.29, 0.717) is 12.5 Å². The van der Waals surface area contributed by atoms with Crippen LogP contribution in [0.3, 0.4) is 0 Å². The highest BCUT2D eigenvalue weighted by atomic mass is 32.2. The van der Waals surface area contributed by atoms with E-state index >= 15 is 0 Å². The molecule has 3 unspecified atom stereocenters. The zero-order chi connectivity index (χ0) is 14.4. The third-order valence-electron chi connectivity index (χ3n) is 4.20. The molecule has 110 valence electrons. The largest absolute Gasteiger partial charge is 0.331 e. The first kappa shape index (κ1) is 13.1. The monoisotopic (exact) mass is 304 g/mol. The van der Waals surface area contributed by atoms with Gasteiger partial charge in [-0.1, -0.05) is 18.0 Å². The fraction of sp³-hybridized carbons (Fsp3) is 0.500. The molecule has 1 aromatic rings. The Morgan fingerprint density at radius 1 is 1.33 bits per heavy atom. The third-order valence-corrected chi connectivity index (χ3v) is 5.33. The van der Waals surface area contributed by atoms with Crippen LogP contribution in [0.2, 0.25) is 0 Å². The molecule has 1 aliphatic carbocycles. The summed E-state index contributed by atoms with van der Waals surface area (Å²) in [5, 5.41) is 2.71.